The normalized spacial score (nSPS) is 18.3. The van der Waals surface area contributed by atoms with Crippen molar-refractivity contribution in [3.05, 3.63) is 55.1 Å². The van der Waals surface area contributed by atoms with Crippen molar-refractivity contribution in [2.45, 2.75) is 38.6 Å². The summed E-state index contributed by atoms with van der Waals surface area (Å²) in [5, 5.41) is 3.11. The molecule has 1 amide bonds. The number of hydrogen-bond donors (Lipinski definition) is 1. The average molecular weight is 449 g/mol. The molecule has 1 aromatic rings. The molecule has 2 rings (SSSR count). The summed E-state index contributed by atoms with van der Waals surface area (Å²) in [4.78, 5) is 14.4. The van der Waals surface area contributed by atoms with E-state index in [2.05, 4.69) is 30.3 Å². The minimum absolute atomic E-state index is 0. The van der Waals surface area contributed by atoms with E-state index in [4.69, 9.17) is 9.47 Å². The molecule has 0 heterocycles. The zero-order chi connectivity index (χ0) is 21.8. The molecule has 5 nitrogen and oxygen atoms in total. The molecule has 0 unspecified atom stereocenters. The standard InChI is InChI=1S/C25H36N2O3.ClH/c1-5-15-27(16-6-2)17-18-30-23-13-9-21(19-24(23)29-4)10-14-25(28)26-22-11-7-20(3)8-12-22;/h5-6,9-10,13-14,19-20,22H,1-2,7-8,11-12,15-18H2,3-4H3,(H,26,28);1H/b14-10+;/t20-,22-;. The number of benzene rings is 1. The second kappa shape index (κ2) is 14.7. The first-order chi connectivity index (χ1) is 14.5. The number of halogens is 1. The van der Waals surface area contributed by atoms with E-state index in [0.717, 1.165) is 44.0 Å². The van der Waals surface area contributed by atoms with Gasteiger partial charge in [-0.25, -0.2) is 0 Å². The van der Waals surface area contributed by atoms with Crippen molar-refractivity contribution in [3.63, 3.8) is 0 Å². The molecule has 1 fully saturated rings. The van der Waals surface area contributed by atoms with Crippen molar-refractivity contribution in [2.75, 3.05) is 33.4 Å². The van der Waals surface area contributed by atoms with E-state index in [1.165, 1.54) is 12.8 Å². The Morgan fingerprint density at radius 2 is 1.84 bits per heavy atom. The van der Waals surface area contributed by atoms with Crippen LogP contribution in [0.25, 0.3) is 6.08 Å². The number of nitrogens with one attached hydrogen (secondary N) is 1. The minimum atomic E-state index is -0.0432. The van der Waals surface area contributed by atoms with Gasteiger partial charge in [-0.1, -0.05) is 25.1 Å². The van der Waals surface area contributed by atoms with Crippen molar-refractivity contribution in [3.8, 4) is 11.5 Å². The maximum atomic E-state index is 12.2. The first-order valence-electron chi connectivity index (χ1n) is 10.8. The van der Waals surface area contributed by atoms with Gasteiger partial charge in [0.15, 0.2) is 11.5 Å². The van der Waals surface area contributed by atoms with E-state index in [-0.39, 0.29) is 18.3 Å². The summed E-state index contributed by atoms with van der Waals surface area (Å²) in [6, 6.07) is 5.98. The fourth-order valence-corrected chi connectivity index (χ4v) is 3.64. The Bertz CT molecular complexity index is 717. The summed E-state index contributed by atoms with van der Waals surface area (Å²) in [6.07, 6.45) is 11.7. The minimum Gasteiger partial charge on any atom is -0.493 e. The number of carbonyl (C=O) groups is 1. The van der Waals surface area contributed by atoms with Gasteiger partial charge in [-0.3, -0.25) is 9.69 Å². The number of methoxy groups -OCH3 is 1. The summed E-state index contributed by atoms with van der Waals surface area (Å²) in [7, 11) is 1.62. The van der Waals surface area contributed by atoms with E-state index in [9.17, 15) is 4.79 Å². The smallest absolute Gasteiger partial charge is 0.244 e. The first kappa shape index (κ1) is 26.8. The van der Waals surface area contributed by atoms with Crippen LogP contribution in [0.15, 0.2) is 49.6 Å². The highest BCUT2D eigenvalue weighted by Gasteiger charge is 2.18. The molecule has 0 bridgehead atoms. The topological polar surface area (TPSA) is 50.8 Å². The lowest BCUT2D eigenvalue weighted by Crippen LogP contribution is -2.36. The van der Waals surface area contributed by atoms with Gasteiger partial charge in [0.25, 0.3) is 0 Å². The summed E-state index contributed by atoms with van der Waals surface area (Å²) in [6.45, 7) is 12.7. The van der Waals surface area contributed by atoms with Crippen LogP contribution in [0, 0.1) is 5.92 Å². The van der Waals surface area contributed by atoms with E-state index in [1.54, 1.807) is 13.2 Å². The Balaban J connectivity index is 0.00000480. The Kier molecular flexibility index (Phi) is 12.7. The van der Waals surface area contributed by atoms with Crippen LogP contribution in [-0.4, -0.2) is 50.2 Å². The molecule has 1 aliphatic carbocycles. The van der Waals surface area contributed by atoms with Crippen LogP contribution in [0.5, 0.6) is 11.5 Å². The Morgan fingerprint density at radius 1 is 1.16 bits per heavy atom. The molecule has 0 saturated heterocycles. The van der Waals surface area contributed by atoms with Crippen LogP contribution in [0.3, 0.4) is 0 Å². The summed E-state index contributed by atoms with van der Waals surface area (Å²) >= 11 is 0. The van der Waals surface area contributed by atoms with Crippen molar-refractivity contribution in [1.82, 2.24) is 10.2 Å². The van der Waals surface area contributed by atoms with Crippen molar-refractivity contribution < 1.29 is 14.3 Å². The van der Waals surface area contributed by atoms with Crippen LogP contribution in [-0.2, 0) is 4.79 Å². The number of nitrogens with zero attached hydrogens (tertiary/aromatic N) is 1. The number of amides is 1. The molecule has 6 heteroatoms. The van der Waals surface area contributed by atoms with Crippen LogP contribution >= 0.6 is 12.4 Å². The monoisotopic (exact) mass is 448 g/mol. The molecule has 1 N–H and O–H groups in total. The quantitative estimate of drug-likeness (QED) is 0.366. The largest absolute Gasteiger partial charge is 0.493 e. The molecule has 1 aliphatic rings. The molecule has 1 aromatic carbocycles. The van der Waals surface area contributed by atoms with Gasteiger partial charge in [0, 0.05) is 31.8 Å². The highest BCUT2D eigenvalue weighted by Crippen LogP contribution is 2.28. The van der Waals surface area contributed by atoms with E-state index < -0.39 is 0 Å². The number of hydrogen-bond acceptors (Lipinski definition) is 4. The Labute approximate surface area is 193 Å². The molecule has 172 valence electrons. The Hall–Kier alpha value is -2.24. The first-order valence-corrected chi connectivity index (χ1v) is 10.8. The van der Waals surface area contributed by atoms with Crippen LogP contribution < -0.4 is 14.8 Å². The molecular formula is C25H37ClN2O3. The molecule has 0 spiro atoms. The summed E-state index contributed by atoms with van der Waals surface area (Å²) in [5.41, 5.74) is 0.895. The number of carbonyl (C=O) groups excluding carboxylic acids is 1. The maximum Gasteiger partial charge on any atom is 0.244 e. The highest BCUT2D eigenvalue weighted by molar-refractivity contribution is 5.92. The predicted molar refractivity (Wildman–Crippen MR) is 131 cm³/mol. The number of ether oxygens (including phenoxy) is 2. The number of rotatable bonds is 12. The highest BCUT2D eigenvalue weighted by atomic mass is 35.5. The lowest BCUT2D eigenvalue weighted by Gasteiger charge is -2.26. The van der Waals surface area contributed by atoms with Crippen molar-refractivity contribution in [1.29, 1.82) is 0 Å². The van der Waals surface area contributed by atoms with Gasteiger partial charge >= 0.3 is 0 Å². The van der Waals surface area contributed by atoms with Crippen LogP contribution in [0.1, 0.15) is 38.2 Å². The fraction of sp³-hybridized carbons (Fsp3) is 0.480. The van der Waals surface area contributed by atoms with Gasteiger partial charge in [-0.2, -0.15) is 0 Å². The van der Waals surface area contributed by atoms with Crippen molar-refractivity contribution >= 4 is 24.4 Å². The van der Waals surface area contributed by atoms with Gasteiger partial charge in [0.05, 0.1) is 7.11 Å². The van der Waals surface area contributed by atoms with Gasteiger partial charge in [-0.05, 0) is 55.4 Å². The predicted octanol–water partition coefficient (Wildman–Crippen LogP) is 4.88. The van der Waals surface area contributed by atoms with Crippen LogP contribution in [0.4, 0.5) is 0 Å². The molecule has 0 atom stereocenters. The summed E-state index contributed by atoms with van der Waals surface area (Å²) in [5.74, 6) is 2.07. The zero-order valence-electron chi connectivity index (χ0n) is 18.8. The Morgan fingerprint density at radius 3 is 2.45 bits per heavy atom. The fourth-order valence-electron chi connectivity index (χ4n) is 3.64. The molecule has 0 radical (unpaired) electrons. The lowest BCUT2D eigenvalue weighted by atomic mass is 9.87. The van der Waals surface area contributed by atoms with Crippen LogP contribution in [0.2, 0.25) is 0 Å². The molecular weight excluding hydrogens is 412 g/mol. The van der Waals surface area contributed by atoms with Crippen molar-refractivity contribution in [2.24, 2.45) is 5.92 Å². The van der Waals surface area contributed by atoms with E-state index >= 15 is 0 Å². The van der Waals surface area contributed by atoms with Gasteiger partial charge < -0.3 is 14.8 Å². The lowest BCUT2D eigenvalue weighted by molar-refractivity contribution is -0.117. The van der Waals surface area contributed by atoms with Gasteiger partial charge in [-0.15, -0.1) is 25.6 Å². The zero-order valence-corrected chi connectivity index (χ0v) is 19.7. The third-order valence-electron chi connectivity index (χ3n) is 5.42. The average Bonchev–Trinajstić information content (AvgIpc) is 2.74. The third kappa shape index (κ3) is 9.62. The second-order valence-electron chi connectivity index (χ2n) is 7.89. The van der Waals surface area contributed by atoms with Gasteiger partial charge in [0.2, 0.25) is 5.91 Å². The SMILES string of the molecule is C=CCN(CC=C)CCOc1ccc(/C=C/C(=O)N[C@H]2CC[C@H](C)CC2)cc1OC.Cl. The maximum absolute atomic E-state index is 12.2. The third-order valence-corrected chi connectivity index (χ3v) is 5.42. The molecule has 1 saturated carbocycles. The molecule has 0 aliphatic heterocycles. The van der Waals surface area contributed by atoms with E-state index in [0.29, 0.717) is 24.1 Å². The molecule has 31 heavy (non-hydrogen) atoms. The summed E-state index contributed by atoms with van der Waals surface area (Å²) < 4.78 is 11.4. The van der Waals surface area contributed by atoms with E-state index in [1.807, 2.05) is 36.4 Å². The molecule has 0 aromatic heterocycles. The second-order valence-corrected chi connectivity index (χ2v) is 7.89. The van der Waals surface area contributed by atoms with Gasteiger partial charge in [0.1, 0.15) is 6.61 Å².